The average molecular weight is 241 g/mol. The van der Waals surface area contributed by atoms with Gasteiger partial charge < -0.3 is 5.73 Å². The maximum absolute atomic E-state index is 6.45. The summed E-state index contributed by atoms with van der Waals surface area (Å²) in [4.78, 5) is 0. The van der Waals surface area contributed by atoms with Crippen LogP contribution in [0.25, 0.3) is 0 Å². The highest BCUT2D eigenvalue weighted by Crippen LogP contribution is 2.42. The molecule has 2 fully saturated rings. The molecular formula is C14H27NS. The molecule has 2 atom stereocenters. The zero-order chi connectivity index (χ0) is 11.6. The summed E-state index contributed by atoms with van der Waals surface area (Å²) in [6.07, 6.45) is 11.3. The zero-order valence-electron chi connectivity index (χ0n) is 10.9. The molecule has 0 heterocycles. The van der Waals surface area contributed by atoms with Gasteiger partial charge in [-0.3, -0.25) is 0 Å². The van der Waals surface area contributed by atoms with Gasteiger partial charge >= 0.3 is 0 Å². The van der Waals surface area contributed by atoms with E-state index in [0.717, 1.165) is 10.5 Å². The van der Waals surface area contributed by atoms with Gasteiger partial charge in [0.05, 0.1) is 0 Å². The van der Waals surface area contributed by atoms with Crippen LogP contribution in [0.2, 0.25) is 0 Å². The molecule has 2 heteroatoms. The highest BCUT2D eigenvalue weighted by molar-refractivity contribution is 8.00. The number of nitrogens with two attached hydrogens (primary N) is 1. The highest BCUT2D eigenvalue weighted by atomic mass is 32.2. The van der Waals surface area contributed by atoms with Crippen LogP contribution < -0.4 is 5.73 Å². The molecule has 1 nitrogen and oxygen atoms in total. The Morgan fingerprint density at radius 1 is 1.00 bits per heavy atom. The van der Waals surface area contributed by atoms with Crippen molar-refractivity contribution < 1.29 is 0 Å². The Bertz CT molecular complexity index is 221. The second-order valence-corrected chi connectivity index (χ2v) is 7.89. The molecule has 2 aliphatic rings. The monoisotopic (exact) mass is 241 g/mol. The molecule has 16 heavy (non-hydrogen) atoms. The maximum atomic E-state index is 6.45. The zero-order valence-corrected chi connectivity index (χ0v) is 11.7. The summed E-state index contributed by atoms with van der Waals surface area (Å²) in [5.74, 6) is 0. The molecule has 0 bridgehead atoms. The quantitative estimate of drug-likeness (QED) is 0.792. The van der Waals surface area contributed by atoms with Gasteiger partial charge in [0.25, 0.3) is 0 Å². The first-order chi connectivity index (χ1) is 7.59. The summed E-state index contributed by atoms with van der Waals surface area (Å²) >= 11 is 2.23. The number of rotatable bonds is 2. The molecular weight excluding hydrogens is 214 g/mol. The molecule has 0 aromatic carbocycles. The third-order valence-corrected chi connectivity index (χ3v) is 6.27. The molecule has 2 aliphatic carbocycles. The van der Waals surface area contributed by atoms with Crippen LogP contribution in [-0.4, -0.2) is 16.5 Å². The van der Waals surface area contributed by atoms with E-state index in [1.807, 2.05) is 0 Å². The van der Waals surface area contributed by atoms with E-state index in [-0.39, 0.29) is 0 Å². The Morgan fingerprint density at radius 2 is 1.69 bits per heavy atom. The van der Waals surface area contributed by atoms with Crippen molar-refractivity contribution in [1.82, 2.24) is 0 Å². The van der Waals surface area contributed by atoms with Crippen molar-refractivity contribution in [3.8, 4) is 0 Å². The molecule has 0 amide bonds. The first-order valence-electron chi connectivity index (χ1n) is 7.01. The van der Waals surface area contributed by atoms with E-state index in [1.54, 1.807) is 0 Å². The minimum Gasteiger partial charge on any atom is -0.326 e. The second-order valence-electron chi connectivity index (χ2n) is 6.34. The Labute approximate surface area is 105 Å². The van der Waals surface area contributed by atoms with E-state index < -0.39 is 0 Å². The molecule has 0 aromatic rings. The van der Waals surface area contributed by atoms with Crippen LogP contribution in [0.5, 0.6) is 0 Å². The van der Waals surface area contributed by atoms with Gasteiger partial charge in [0.15, 0.2) is 0 Å². The lowest BCUT2D eigenvalue weighted by molar-refractivity contribution is 0.208. The smallest absolute Gasteiger partial charge is 0.0211 e. The summed E-state index contributed by atoms with van der Waals surface area (Å²) < 4.78 is 0. The van der Waals surface area contributed by atoms with Crippen LogP contribution in [0, 0.1) is 5.41 Å². The molecule has 0 aromatic heterocycles. The van der Waals surface area contributed by atoms with Crippen LogP contribution in [0.4, 0.5) is 0 Å². The molecule has 0 saturated heterocycles. The van der Waals surface area contributed by atoms with Gasteiger partial charge in [0.2, 0.25) is 0 Å². The van der Waals surface area contributed by atoms with Crippen LogP contribution in [0.3, 0.4) is 0 Å². The van der Waals surface area contributed by atoms with Crippen molar-refractivity contribution in [3.63, 3.8) is 0 Å². The van der Waals surface area contributed by atoms with Crippen molar-refractivity contribution in [2.45, 2.75) is 81.8 Å². The predicted octanol–water partition coefficient (Wildman–Crippen LogP) is 3.96. The standard InChI is InChI=1S/C14H27NS/c1-14(2)10-6-9-12(13(14)15)16-11-7-4-3-5-8-11/h11-13H,3-10,15H2,1-2H3. The summed E-state index contributed by atoms with van der Waals surface area (Å²) in [5.41, 5.74) is 6.82. The minimum absolute atomic E-state index is 0.366. The first-order valence-corrected chi connectivity index (χ1v) is 7.95. The van der Waals surface area contributed by atoms with E-state index in [4.69, 9.17) is 5.73 Å². The lowest BCUT2D eigenvalue weighted by Gasteiger charge is -2.43. The Morgan fingerprint density at radius 3 is 2.38 bits per heavy atom. The summed E-state index contributed by atoms with van der Waals surface area (Å²) in [5, 5.41) is 1.64. The molecule has 0 radical (unpaired) electrons. The average Bonchev–Trinajstić information content (AvgIpc) is 2.26. The molecule has 2 rings (SSSR count). The Balaban J connectivity index is 1.88. The predicted molar refractivity (Wildman–Crippen MR) is 73.9 cm³/mol. The van der Waals surface area contributed by atoms with E-state index in [2.05, 4.69) is 25.6 Å². The van der Waals surface area contributed by atoms with Crippen LogP contribution in [0.15, 0.2) is 0 Å². The normalized spacial score (nSPS) is 36.2. The van der Waals surface area contributed by atoms with E-state index in [0.29, 0.717) is 11.5 Å². The second kappa shape index (κ2) is 5.30. The third-order valence-electron chi connectivity index (χ3n) is 4.53. The fourth-order valence-electron chi connectivity index (χ4n) is 3.21. The number of hydrogen-bond acceptors (Lipinski definition) is 2. The summed E-state index contributed by atoms with van der Waals surface area (Å²) in [6.45, 7) is 4.70. The van der Waals surface area contributed by atoms with Crippen molar-refractivity contribution >= 4 is 11.8 Å². The lowest BCUT2D eigenvalue weighted by Crippen LogP contribution is -2.48. The van der Waals surface area contributed by atoms with Crippen LogP contribution in [0.1, 0.15) is 65.2 Å². The van der Waals surface area contributed by atoms with Crippen molar-refractivity contribution in [1.29, 1.82) is 0 Å². The first kappa shape index (κ1) is 12.8. The van der Waals surface area contributed by atoms with E-state index >= 15 is 0 Å². The van der Waals surface area contributed by atoms with Crippen molar-refractivity contribution in [3.05, 3.63) is 0 Å². The molecule has 0 spiro atoms. The summed E-state index contributed by atoms with van der Waals surface area (Å²) in [6, 6.07) is 0.410. The van der Waals surface area contributed by atoms with Crippen molar-refractivity contribution in [2.24, 2.45) is 11.1 Å². The molecule has 94 valence electrons. The van der Waals surface area contributed by atoms with Crippen molar-refractivity contribution in [2.75, 3.05) is 0 Å². The number of hydrogen-bond donors (Lipinski definition) is 1. The van der Waals surface area contributed by atoms with Crippen LogP contribution >= 0.6 is 11.8 Å². The highest BCUT2D eigenvalue weighted by Gasteiger charge is 2.37. The Kier molecular flexibility index (Phi) is 4.23. The SMILES string of the molecule is CC1(C)CCCC(SC2CCCCC2)C1N. The molecule has 0 aliphatic heterocycles. The van der Waals surface area contributed by atoms with Gasteiger partial charge in [-0.2, -0.15) is 11.8 Å². The summed E-state index contributed by atoms with van der Waals surface area (Å²) in [7, 11) is 0. The topological polar surface area (TPSA) is 26.0 Å². The van der Waals surface area contributed by atoms with Gasteiger partial charge in [-0.05, 0) is 31.1 Å². The largest absolute Gasteiger partial charge is 0.326 e. The Hall–Kier alpha value is 0.310. The van der Waals surface area contributed by atoms with Gasteiger partial charge in [0.1, 0.15) is 0 Å². The van der Waals surface area contributed by atoms with Crippen LogP contribution in [-0.2, 0) is 0 Å². The fraction of sp³-hybridized carbons (Fsp3) is 1.00. The fourth-order valence-corrected chi connectivity index (χ4v) is 5.15. The maximum Gasteiger partial charge on any atom is 0.0211 e. The minimum atomic E-state index is 0.366. The van der Waals surface area contributed by atoms with Gasteiger partial charge in [-0.15, -0.1) is 0 Å². The molecule has 2 unspecified atom stereocenters. The van der Waals surface area contributed by atoms with Gasteiger partial charge in [-0.25, -0.2) is 0 Å². The van der Waals surface area contributed by atoms with Gasteiger partial charge in [-0.1, -0.05) is 39.5 Å². The number of thioether (sulfide) groups is 1. The molecule has 2 saturated carbocycles. The van der Waals surface area contributed by atoms with E-state index in [1.165, 1.54) is 51.4 Å². The third kappa shape index (κ3) is 2.95. The lowest BCUT2D eigenvalue weighted by atomic mass is 9.73. The van der Waals surface area contributed by atoms with E-state index in [9.17, 15) is 0 Å². The molecule has 2 N–H and O–H groups in total. The van der Waals surface area contributed by atoms with Gasteiger partial charge in [0, 0.05) is 16.5 Å².